The van der Waals surface area contributed by atoms with Gasteiger partial charge in [-0.1, -0.05) is 20.3 Å². The number of halogens is 1. The Labute approximate surface area is 114 Å². The minimum Gasteiger partial charge on any atom is -0.495 e. The van der Waals surface area contributed by atoms with Crippen molar-refractivity contribution in [1.82, 2.24) is 0 Å². The summed E-state index contributed by atoms with van der Waals surface area (Å²) in [7, 11) is 1.54. The second-order valence-electron chi connectivity index (χ2n) is 5.43. The number of nitrogens with two attached hydrogens (primary N) is 1. The van der Waals surface area contributed by atoms with Crippen molar-refractivity contribution in [1.29, 1.82) is 0 Å². The molecule has 4 heteroatoms. The van der Waals surface area contributed by atoms with Gasteiger partial charge >= 0.3 is 0 Å². The highest BCUT2D eigenvalue weighted by Crippen LogP contribution is 2.37. The molecule has 0 bridgehead atoms. The number of hydrogen-bond donors (Lipinski definition) is 2. The molecule has 3 nitrogen and oxygen atoms in total. The first-order valence-corrected chi connectivity index (χ1v) is 6.96. The normalized spacial score (nSPS) is 26.4. The standard InChI is InChI=1S/C15H23FN2O/c1-4-10-5-6-13(9(10)2)18-14-8-15(19-3)12(17)7-11(14)16/h7-10,13,18H,4-6,17H2,1-3H3. The summed E-state index contributed by atoms with van der Waals surface area (Å²) in [5, 5.41) is 3.31. The molecule has 0 heterocycles. The fourth-order valence-corrected chi connectivity index (χ4v) is 3.08. The molecular formula is C15H23FN2O. The summed E-state index contributed by atoms with van der Waals surface area (Å²) in [6.45, 7) is 4.46. The Morgan fingerprint density at radius 3 is 2.74 bits per heavy atom. The lowest BCUT2D eigenvalue weighted by molar-refractivity contribution is 0.391. The van der Waals surface area contributed by atoms with Crippen LogP contribution in [0.1, 0.15) is 33.1 Å². The Morgan fingerprint density at radius 1 is 1.42 bits per heavy atom. The molecule has 0 saturated heterocycles. The molecule has 1 aromatic carbocycles. The van der Waals surface area contributed by atoms with Gasteiger partial charge in [0.25, 0.3) is 0 Å². The SMILES string of the molecule is CCC1CCC(Nc2cc(OC)c(N)cc2F)C1C. The third-order valence-corrected chi connectivity index (χ3v) is 4.41. The molecule has 1 aliphatic carbocycles. The van der Waals surface area contributed by atoms with Crippen molar-refractivity contribution in [2.45, 2.75) is 39.2 Å². The molecule has 0 aliphatic heterocycles. The van der Waals surface area contributed by atoms with Gasteiger partial charge in [0.15, 0.2) is 0 Å². The zero-order valence-electron chi connectivity index (χ0n) is 11.9. The molecular weight excluding hydrogens is 243 g/mol. The maximum Gasteiger partial charge on any atom is 0.148 e. The third kappa shape index (κ3) is 2.77. The summed E-state index contributed by atoms with van der Waals surface area (Å²) in [6, 6.07) is 3.29. The highest BCUT2D eigenvalue weighted by Gasteiger charge is 2.31. The van der Waals surface area contributed by atoms with E-state index in [2.05, 4.69) is 19.2 Å². The van der Waals surface area contributed by atoms with E-state index in [0.29, 0.717) is 29.1 Å². The van der Waals surface area contributed by atoms with Gasteiger partial charge < -0.3 is 15.8 Å². The summed E-state index contributed by atoms with van der Waals surface area (Å²) in [6.07, 6.45) is 3.49. The molecule has 1 saturated carbocycles. The summed E-state index contributed by atoms with van der Waals surface area (Å²) in [5.74, 6) is 1.50. The zero-order valence-corrected chi connectivity index (χ0v) is 11.9. The first-order valence-electron chi connectivity index (χ1n) is 6.96. The fourth-order valence-electron chi connectivity index (χ4n) is 3.08. The summed E-state index contributed by atoms with van der Waals surface area (Å²) < 4.78 is 19.1. The van der Waals surface area contributed by atoms with Gasteiger partial charge in [-0.05, 0) is 24.7 Å². The molecule has 1 fully saturated rings. The molecule has 3 N–H and O–H groups in total. The van der Waals surface area contributed by atoms with Crippen LogP contribution < -0.4 is 15.8 Å². The van der Waals surface area contributed by atoms with Crippen LogP contribution in [0.3, 0.4) is 0 Å². The first-order chi connectivity index (χ1) is 9.06. The number of hydrogen-bond acceptors (Lipinski definition) is 3. The van der Waals surface area contributed by atoms with Gasteiger partial charge in [-0.25, -0.2) is 4.39 Å². The van der Waals surface area contributed by atoms with Crippen LogP contribution >= 0.6 is 0 Å². The number of benzene rings is 1. The molecule has 3 atom stereocenters. The fraction of sp³-hybridized carbons (Fsp3) is 0.600. The van der Waals surface area contributed by atoms with E-state index in [4.69, 9.17) is 10.5 Å². The van der Waals surface area contributed by atoms with Crippen LogP contribution in [-0.4, -0.2) is 13.2 Å². The Morgan fingerprint density at radius 2 is 2.16 bits per heavy atom. The second-order valence-corrected chi connectivity index (χ2v) is 5.43. The average Bonchev–Trinajstić information content (AvgIpc) is 2.73. The Kier molecular flexibility index (Phi) is 4.17. The van der Waals surface area contributed by atoms with E-state index in [0.717, 1.165) is 12.3 Å². The van der Waals surface area contributed by atoms with Crippen molar-refractivity contribution < 1.29 is 9.13 Å². The number of anilines is 2. The van der Waals surface area contributed by atoms with E-state index in [9.17, 15) is 4.39 Å². The number of ether oxygens (including phenoxy) is 1. The van der Waals surface area contributed by atoms with E-state index in [1.165, 1.54) is 18.9 Å². The lowest BCUT2D eigenvalue weighted by Crippen LogP contribution is -2.25. The molecule has 0 spiro atoms. The highest BCUT2D eigenvalue weighted by molar-refractivity contribution is 5.62. The maximum absolute atomic E-state index is 13.9. The number of nitrogen functional groups attached to an aromatic ring is 1. The summed E-state index contributed by atoms with van der Waals surface area (Å²) >= 11 is 0. The lowest BCUT2D eigenvalue weighted by Gasteiger charge is -2.22. The van der Waals surface area contributed by atoms with Gasteiger partial charge in [0.2, 0.25) is 0 Å². The molecule has 19 heavy (non-hydrogen) atoms. The van der Waals surface area contributed by atoms with Crippen LogP contribution in [0, 0.1) is 17.7 Å². The first kappa shape index (κ1) is 14.0. The average molecular weight is 266 g/mol. The van der Waals surface area contributed by atoms with E-state index < -0.39 is 0 Å². The molecule has 0 radical (unpaired) electrons. The van der Waals surface area contributed by atoms with Gasteiger partial charge in [0.1, 0.15) is 11.6 Å². The van der Waals surface area contributed by atoms with Crippen LogP contribution in [0.5, 0.6) is 5.75 Å². The van der Waals surface area contributed by atoms with Crippen molar-refractivity contribution in [2.75, 3.05) is 18.2 Å². The molecule has 0 aromatic heterocycles. The Hall–Kier alpha value is -1.45. The van der Waals surface area contributed by atoms with E-state index in [1.807, 2.05) is 0 Å². The van der Waals surface area contributed by atoms with E-state index >= 15 is 0 Å². The molecule has 0 amide bonds. The van der Waals surface area contributed by atoms with E-state index in [-0.39, 0.29) is 5.82 Å². The second kappa shape index (κ2) is 5.68. The minimum absolute atomic E-state index is 0.314. The number of rotatable bonds is 4. The van der Waals surface area contributed by atoms with Crippen molar-refractivity contribution in [3.8, 4) is 5.75 Å². The predicted octanol–water partition coefficient (Wildman–Crippen LogP) is 3.65. The smallest absolute Gasteiger partial charge is 0.148 e. The van der Waals surface area contributed by atoms with Crippen molar-refractivity contribution in [2.24, 2.45) is 11.8 Å². The molecule has 106 valence electrons. The summed E-state index contributed by atoms with van der Waals surface area (Å²) in [4.78, 5) is 0. The Bertz CT molecular complexity index is 450. The molecule has 1 aliphatic rings. The quantitative estimate of drug-likeness (QED) is 0.818. The molecule has 3 unspecified atom stereocenters. The monoisotopic (exact) mass is 266 g/mol. The summed E-state index contributed by atoms with van der Waals surface area (Å²) in [5.41, 5.74) is 6.50. The maximum atomic E-state index is 13.9. The van der Waals surface area contributed by atoms with Crippen LogP contribution in [0.15, 0.2) is 12.1 Å². The Balaban J connectivity index is 2.15. The predicted molar refractivity (Wildman–Crippen MR) is 77.0 cm³/mol. The van der Waals surface area contributed by atoms with Crippen LogP contribution in [0.4, 0.5) is 15.8 Å². The van der Waals surface area contributed by atoms with Gasteiger partial charge in [-0.15, -0.1) is 0 Å². The van der Waals surface area contributed by atoms with Gasteiger partial charge in [0.05, 0.1) is 18.5 Å². The van der Waals surface area contributed by atoms with Crippen molar-refractivity contribution in [3.05, 3.63) is 17.9 Å². The van der Waals surface area contributed by atoms with Gasteiger partial charge in [-0.2, -0.15) is 0 Å². The van der Waals surface area contributed by atoms with Crippen LogP contribution in [0.25, 0.3) is 0 Å². The number of nitrogens with one attached hydrogen (secondary N) is 1. The van der Waals surface area contributed by atoms with E-state index in [1.54, 1.807) is 13.2 Å². The lowest BCUT2D eigenvalue weighted by atomic mass is 9.93. The van der Waals surface area contributed by atoms with Crippen LogP contribution in [-0.2, 0) is 0 Å². The third-order valence-electron chi connectivity index (χ3n) is 4.41. The van der Waals surface area contributed by atoms with Gasteiger partial charge in [-0.3, -0.25) is 0 Å². The van der Waals surface area contributed by atoms with Crippen LogP contribution in [0.2, 0.25) is 0 Å². The zero-order chi connectivity index (χ0) is 14.0. The van der Waals surface area contributed by atoms with Crippen molar-refractivity contribution in [3.63, 3.8) is 0 Å². The highest BCUT2D eigenvalue weighted by atomic mass is 19.1. The largest absolute Gasteiger partial charge is 0.495 e. The number of methoxy groups -OCH3 is 1. The topological polar surface area (TPSA) is 47.3 Å². The molecule has 2 rings (SSSR count). The molecule has 1 aromatic rings. The minimum atomic E-state index is -0.314. The van der Waals surface area contributed by atoms with Gasteiger partial charge in [0, 0.05) is 18.2 Å². The van der Waals surface area contributed by atoms with Crippen molar-refractivity contribution >= 4 is 11.4 Å².